The summed E-state index contributed by atoms with van der Waals surface area (Å²) in [6.07, 6.45) is 1.35. The van der Waals surface area contributed by atoms with Gasteiger partial charge >= 0.3 is 0 Å². The Balaban J connectivity index is 2.14. The van der Waals surface area contributed by atoms with Crippen LogP contribution in [0.2, 0.25) is 0 Å². The molecule has 0 heterocycles. The summed E-state index contributed by atoms with van der Waals surface area (Å²) in [6, 6.07) is 13.3. The average Bonchev–Trinajstić information content (AvgIpc) is 2.47. The van der Waals surface area contributed by atoms with Gasteiger partial charge in [-0.2, -0.15) is 0 Å². The van der Waals surface area contributed by atoms with Crippen molar-refractivity contribution in [3.63, 3.8) is 0 Å². The Morgan fingerprint density at radius 1 is 1.14 bits per heavy atom. The van der Waals surface area contributed by atoms with Crippen molar-refractivity contribution in [1.82, 2.24) is 0 Å². The molecule has 0 aromatic heterocycles. The molecular weight excluding hydrogens is 334 g/mol. The number of halogens is 1. The van der Waals surface area contributed by atoms with Crippen LogP contribution < -0.4 is 9.47 Å². The minimum Gasteiger partial charge on any atom is -0.490 e. The van der Waals surface area contributed by atoms with Crippen molar-refractivity contribution in [3.05, 3.63) is 58.1 Å². The fraction of sp³-hybridized carbons (Fsp3) is 0.188. The van der Waals surface area contributed by atoms with Crippen LogP contribution in [0.1, 0.15) is 18.1 Å². The number of oxime groups is 1. The van der Waals surface area contributed by atoms with E-state index in [1.807, 2.05) is 31.2 Å². The molecule has 0 saturated heterocycles. The van der Waals surface area contributed by atoms with Gasteiger partial charge in [-0.05, 0) is 42.8 Å². The van der Waals surface area contributed by atoms with Gasteiger partial charge in [-0.3, -0.25) is 0 Å². The Hall–Kier alpha value is -2.01. The third-order valence-corrected chi connectivity index (χ3v) is 3.25. The molecule has 2 aromatic rings. The van der Waals surface area contributed by atoms with E-state index in [1.54, 1.807) is 18.2 Å². The smallest absolute Gasteiger partial charge is 0.161 e. The van der Waals surface area contributed by atoms with Crippen molar-refractivity contribution < 1.29 is 14.7 Å². The van der Waals surface area contributed by atoms with Gasteiger partial charge in [-0.15, -0.1) is 0 Å². The molecule has 0 spiro atoms. The van der Waals surface area contributed by atoms with Crippen LogP contribution in [-0.4, -0.2) is 18.0 Å². The van der Waals surface area contributed by atoms with Gasteiger partial charge < -0.3 is 14.7 Å². The number of hydrogen-bond donors (Lipinski definition) is 1. The van der Waals surface area contributed by atoms with Gasteiger partial charge in [0.1, 0.15) is 6.61 Å². The molecule has 5 heteroatoms. The molecule has 0 bridgehead atoms. The summed E-state index contributed by atoms with van der Waals surface area (Å²) < 4.78 is 12.4. The van der Waals surface area contributed by atoms with Crippen LogP contribution in [0.15, 0.2) is 52.1 Å². The standard InChI is InChI=1S/C16H16BrNO3/c1-2-20-16-9-12(10-18-19)6-7-15(16)21-11-13-4-3-5-14(17)8-13/h3-10,19H,2,11H2,1H3/b18-10-. The van der Waals surface area contributed by atoms with Crippen molar-refractivity contribution in [3.8, 4) is 11.5 Å². The monoisotopic (exact) mass is 349 g/mol. The molecule has 1 N–H and O–H groups in total. The lowest BCUT2D eigenvalue weighted by Gasteiger charge is -2.12. The second-order valence-corrected chi connectivity index (χ2v) is 5.22. The van der Waals surface area contributed by atoms with Crippen LogP contribution in [0.5, 0.6) is 11.5 Å². The van der Waals surface area contributed by atoms with Crippen molar-refractivity contribution in [1.29, 1.82) is 0 Å². The molecule has 0 fully saturated rings. The Morgan fingerprint density at radius 2 is 2.00 bits per heavy atom. The number of benzene rings is 2. The first-order valence-electron chi connectivity index (χ1n) is 6.54. The highest BCUT2D eigenvalue weighted by Crippen LogP contribution is 2.29. The van der Waals surface area contributed by atoms with E-state index in [1.165, 1.54) is 6.21 Å². The molecule has 0 amide bonds. The predicted octanol–water partition coefficient (Wildman–Crippen LogP) is 4.23. The van der Waals surface area contributed by atoms with Crippen LogP contribution in [0, 0.1) is 0 Å². The summed E-state index contributed by atoms with van der Waals surface area (Å²) in [4.78, 5) is 0. The van der Waals surface area contributed by atoms with Crippen LogP contribution in [0.3, 0.4) is 0 Å². The van der Waals surface area contributed by atoms with Crippen LogP contribution in [-0.2, 0) is 6.61 Å². The van der Waals surface area contributed by atoms with E-state index in [-0.39, 0.29) is 0 Å². The molecule has 0 aliphatic rings. The fourth-order valence-corrected chi connectivity index (χ4v) is 2.29. The molecular formula is C16H16BrNO3. The van der Waals surface area contributed by atoms with E-state index in [9.17, 15) is 0 Å². The Labute approximate surface area is 132 Å². The van der Waals surface area contributed by atoms with E-state index < -0.39 is 0 Å². The van der Waals surface area contributed by atoms with Crippen molar-refractivity contribution >= 4 is 22.1 Å². The minimum absolute atomic E-state index is 0.451. The number of hydrogen-bond acceptors (Lipinski definition) is 4. The summed E-state index contributed by atoms with van der Waals surface area (Å²) in [6.45, 7) is 2.89. The largest absolute Gasteiger partial charge is 0.490 e. The maximum atomic E-state index is 8.58. The first-order valence-corrected chi connectivity index (χ1v) is 7.33. The van der Waals surface area contributed by atoms with E-state index >= 15 is 0 Å². The van der Waals surface area contributed by atoms with Gasteiger partial charge in [0.05, 0.1) is 12.8 Å². The van der Waals surface area contributed by atoms with Gasteiger partial charge in [0.15, 0.2) is 11.5 Å². The second-order valence-electron chi connectivity index (χ2n) is 4.30. The lowest BCUT2D eigenvalue weighted by atomic mass is 10.2. The van der Waals surface area contributed by atoms with Gasteiger partial charge in [0, 0.05) is 10.0 Å². The van der Waals surface area contributed by atoms with Crippen LogP contribution in [0.25, 0.3) is 0 Å². The molecule has 0 aliphatic carbocycles. The average molecular weight is 350 g/mol. The Bertz CT molecular complexity index is 629. The molecule has 21 heavy (non-hydrogen) atoms. The summed E-state index contributed by atoms with van der Waals surface area (Å²) in [5.74, 6) is 1.29. The molecule has 0 saturated carbocycles. The highest BCUT2D eigenvalue weighted by Gasteiger charge is 2.06. The lowest BCUT2D eigenvalue weighted by molar-refractivity contribution is 0.269. The lowest BCUT2D eigenvalue weighted by Crippen LogP contribution is -2.00. The molecule has 0 aliphatic heterocycles. The highest BCUT2D eigenvalue weighted by molar-refractivity contribution is 9.10. The SMILES string of the molecule is CCOc1cc(/C=N\O)ccc1OCc1cccc(Br)c1. The second kappa shape index (κ2) is 7.69. The number of rotatable bonds is 6. The van der Waals surface area contributed by atoms with Crippen molar-refractivity contribution in [2.24, 2.45) is 5.16 Å². The van der Waals surface area contributed by atoms with Crippen LogP contribution in [0.4, 0.5) is 0 Å². The minimum atomic E-state index is 0.451. The third-order valence-electron chi connectivity index (χ3n) is 2.76. The first-order chi connectivity index (χ1) is 10.2. The van der Waals surface area contributed by atoms with Gasteiger partial charge in [-0.1, -0.05) is 33.2 Å². The highest BCUT2D eigenvalue weighted by atomic mass is 79.9. The number of ether oxygens (including phenoxy) is 2. The molecule has 4 nitrogen and oxygen atoms in total. The molecule has 0 atom stereocenters. The van der Waals surface area contributed by atoms with Crippen LogP contribution >= 0.6 is 15.9 Å². The van der Waals surface area contributed by atoms with Gasteiger partial charge in [0.2, 0.25) is 0 Å². The molecule has 110 valence electrons. The van der Waals surface area contributed by atoms with Gasteiger partial charge in [-0.25, -0.2) is 0 Å². The quantitative estimate of drug-likeness (QED) is 0.482. The zero-order chi connectivity index (χ0) is 15.1. The van der Waals surface area contributed by atoms with Crippen molar-refractivity contribution in [2.45, 2.75) is 13.5 Å². The third kappa shape index (κ3) is 4.49. The Morgan fingerprint density at radius 3 is 2.71 bits per heavy atom. The number of nitrogens with zero attached hydrogens (tertiary/aromatic N) is 1. The van der Waals surface area contributed by atoms with Crippen molar-refractivity contribution in [2.75, 3.05) is 6.61 Å². The predicted molar refractivity (Wildman–Crippen MR) is 85.5 cm³/mol. The maximum Gasteiger partial charge on any atom is 0.161 e. The summed E-state index contributed by atoms with van der Waals surface area (Å²) in [5, 5.41) is 11.6. The van der Waals surface area contributed by atoms with E-state index in [4.69, 9.17) is 14.7 Å². The van der Waals surface area contributed by atoms with E-state index in [2.05, 4.69) is 21.1 Å². The summed E-state index contributed by atoms with van der Waals surface area (Å²) >= 11 is 3.44. The maximum absolute atomic E-state index is 8.58. The van der Waals surface area contributed by atoms with E-state index in [0.717, 1.165) is 15.6 Å². The summed E-state index contributed by atoms with van der Waals surface area (Å²) in [7, 11) is 0. The molecule has 2 rings (SSSR count). The molecule has 0 unspecified atom stereocenters. The Kier molecular flexibility index (Phi) is 5.63. The zero-order valence-corrected chi connectivity index (χ0v) is 13.2. The topological polar surface area (TPSA) is 51.0 Å². The normalized spacial score (nSPS) is 10.8. The molecule has 2 aromatic carbocycles. The fourth-order valence-electron chi connectivity index (χ4n) is 1.85. The zero-order valence-electron chi connectivity index (χ0n) is 11.6. The summed E-state index contributed by atoms with van der Waals surface area (Å²) in [5.41, 5.74) is 1.81. The van der Waals surface area contributed by atoms with E-state index in [0.29, 0.717) is 24.7 Å². The molecule has 0 radical (unpaired) electrons. The van der Waals surface area contributed by atoms with Gasteiger partial charge in [0.25, 0.3) is 0 Å². The first kappa shape index (κ1) is 15.4.